The summed E-state index contributed by atoms with van der Waals surface area (Å²) in [6, 6.07) is 0. The molecule has 0 bridgehead atoms. The Hall–Kier alpha value is 9.07. The Balaban J connectivity index is -0.0000000823. The number of allylic oxidation sites excluding steroid dienone is 2. The first-order valence-corrected chi connectivity index (χ1v) is 8.66. The van der Waals surface area contributed by atoms with Crippen LogP contribution in [0.3, 0.4) is 0 Å². The van der Waals surface area contributed by atoms with Crippen LogP contribution in [-0.4, -0.2) is 41.3 Å². The van der Waals surface area contributed by atoms with Gasteiger partial charge in [-0.1, -0.05) is 6.92 Å². The van der Waals surface area contributed by atoms with Crippen LogP contribution in [0.4, 0.5) is 0 Å². The molecule has 1 unspecified atom stereocenters. The van der Waals surface area contributed by atoms with Crippen LogP contribution < -0.4 is 0 Å². The van der Waals surface area contributed by atoms with Gasteiger partial charge in [-0.25, -0.2) is 0 Å². The van der Waals surface area contributed by atoms with Crippen molar-refractivity contribution in [2.24, 2.45) is 10.9 Å². The summed E-state index contributed by atoms with van der Waals surface area (Å²) in [5, 5.41) is 0. The Labute approximate surface area is 431 Å². The van der Waals surface area contributed by atoms with E-state index in [1.165, 1.54) is 17.2 Å². The summed E-state index contributed by atoms with van der Waals surface area (Å²) in [7, 11) is 0. The molecule has 13 heteroatoms. The SMILES string of the molecule is CC1=NC(C)N([C@@H]2O[C@H](COC(C)(C)C)[C@H](C)[C-]2C)C(C)=C1C.[CH3-].[Y].[Y].[Y].[Y].[Y].[Y].[Y].[Y].[Y]. The molecule has 2 aliphatic heterocycles. The zero-order chi connectivity index (χ0) is 17.5. The molecule has 1 fully saturated rings. The second-order valence-electron chi connectivity index (χ2n) is 7.95. The Morgan fingerprint density at radius 1 is 0.909 bits per heavy atom. The van der Waals surface area contributed by atoms with E-state index in [-0.39, 0.29) is 326 Å². The molecule has 0 aromatic rings. The predicted molar refractivity (Wildman–Crippen MR) is 102 cm³/mol. The molecule has 2 rings (SSSR count). The van der Waals surface area contributed by atoms with E-state index in [2.05, 4.69) is 67.2 Å². The fourth-order valence-corrected chi connectivity index (χ4v) is 3.26. The first kappa shape index (κ1) is 64.9. The monoisotopic (exact) mass is 1140 g/mol. The third-order valence-corrected chi connectivity index (χ3v) is 5.16. The molecular weight excluding hydrogens is 1100 g/mol. The number of rotatable bonds is 3. The third kappa shape index (κ3) is 20.7. The Morgan fingerprint density at radius 2 is 1.33 bits per heavy atom. The molecule has 9 radical (unpaired) electrons. The van der Waals surface area contributed by atoms with Gasteiger partial charge in [0.1, 0.15) is 6.17 Å². The van der Waals surface area contributed by atoms with E-state index in [9.17, 15) is 0 Å². The van der Waals surface area contributed by atoms with Gasteiger partial charge < -0.3 is 21.8 Å². The van der Waals surface area contributed by atoms with Gasteiger partial charge in [-0.2, -0.15) is 6.92 Å². The van der Waals surface area contributed by atoms with Crippen LogP contribution in [0.15, 0.2) is 16.3 Å². The van der Waals surface area contributed by atoms with Crippen LogP contribution >= 0.6 is 0 Å². The van der Waals surface area contributed by atoms with Crippen LogP contribution in [-0.2, 0) is 304 Å². The average Bonchev–Trinajstić information content (AvgIpc) is 2.70. The van der Waals surface area contributed by atoms with Gasteiger partial charge in [0.2, 0.25) is 0 Å². The van der Waals surface area contributed by atoms with E-state index >= 15 is 0 Å². The van der Waals surface area contributed by atoms with Gasteiger partial charge in [0, 0.05) is 312 Å². The molecule has 4 atom stereocenters. The summed E-state index contributed by atoms with van der Waals surface area (Å²) < 4.78 is 12.4. The van der Waals surface area contributed by atoms with Crippen molar-refractivity contribution in [1.29, 1.82) is 0 Å². The normalized spacial score (nSPS) is 23.3. The molecule has 0 aliphatic carbocycles. The van der Waals surface area contributed by atoms with Crippen molar-refractivity contribution in [2.75, 3.05) is 6.61 Å². The number of aliphatic imine (C=N–C) groups is 1. The van der Waals surface area contributed by atoms with E-state index < -0.39 is 0 Å². The maximum Gasteiger partial charge on any atom is 0.118 e. The number of nitrogens with zero attached hydrogens (tertiary/aromatic N) is 2. The fourth-order valence-electron chi connectivity index (χ4n) is 3.26. The van der Waals surface area contributed by atoms with E-state index in [0.717, 1.165) is 5.71 Å². The van der Waals surface area contributed by atoms with Gasteiger partial charge in [-0.3, -0.25) is 10.9 Å². The number of hydrogen-bond acceptors (Lipinski definition) is 4. The van der Waals surface area contributed by atoms with Gasteiger partial charge in [-0.05, 0) is 54.0 Å². The summed E-state index contributed by atoms with van der Waals surface area (Å²) in [4.78, 5) is 7.08. The van der Waals surface area contributed by atoms with Gasteiger partial charge in [0.15, 0.2) is 0 Å². The quantitative estimate of drug-likeness (QED) is 0.389. The van der Waals surface area contributed by atoms with Crippen LogP contribution in [0.5, 0.6) is 0 Å². The Morgan fingerprint density at radius 3 is 1.73 bits per heavy atom. The molecule has 0 N–H and O–H groups in total. The molecular formula is C20H36N2O2Y9-2. The number of ether oxygens (including phenoxy) is 2. The van der Waals surface area contributed by atoms with E-state index in [0.29, 0.717) is 12.5 Å². The van der Waals surface area contributed by atoms with Crippen molar-refractivity contribution in [3.05, 3.63) is 24.6 Å². The van der Waals surface area contributed by atoms with E-state index in [1.807, 2.05) is 0 Å². The van der Waals surface area contributed by atoms with Crippen LogP contribution in [0.1, 0.15) is 62.3 Å². The fraction of sp³-hybridized carbons (Fsp3) is 0.750. The Kier molecular flexibility index (Phi) is 61.1. The second-order valence-corrected chi connectivity index (χ2v) is 7.95. The molecule has 0 saturated carbocycles. The molecule has 1 saturated heterocycles. The largest absolute Gasteiger partial charge is 0.387 e. The third-order valence-electron chi connectivity index (χ3n) is 5.16. The first-order valence-electron chi connectivity index (χ1n) is 8.66. The molecule has 0 amide bonds. The molecule has 2 heterocycles. The molecule has 0 aromatic carbocycles. The summed E-state index contributed by atoms with van der Waals surface area (Å²) in [5.41, 5.74) is 3.50. The maximum absolute atomic E-state index is 6.41. The topological polar surface area (TPSA) is 34.1 Å². The van der Waals surface area contributed by atoms with Gasteiger partial charge in [0.25, 0.3) is 0 Å². The minimum absolute atomic E-state index is 0. The van der Waals surface area contributed by atoms with Crippen LogP contribution in [0.2, 0.25) is 0 Å². The molecule has 33 heavy (non-hydrogen) atoms. The van der Waals surface area contributed by atoms with Crippen LogP contribution in [0.25, 0.3) is 0 Å². The van der Waals surface area contributed by atoms with Gasteiger partial charge in [0.05, 0.1) is 18.3 Å². The molecule has 0 spiro atoms. The molecule has 2 aliphatic rings. The maximum atomic E-state index is 6.41. The number of hydrogen-bond donors (Lipinski definition) is 0. The molecule has 167 valence electrons. The minimum Gasteiger partial charge on any atom is -0.387 e. The summed E-state index contributed by atoms with van der Waals surface area (Å²) in [5.74, 6) is 1.75. The second kappa shape index (κ2) is 31.1. The van der Waals surface area contributed by atoms with Crippen LogP contribution in [0, 0.1) is 19.3 Å². The smallest absolute Gasteiger partial charge is 0.118 e. The van der Waals surface area contributed by atoms with Crippen molar-refractivity contribution in [1.82, 2.24) is 4.90 Å². The predicted octanol–water partition coefficient (Wildman–Crippen LogP) is 4.60. The van der Waals surface area contributed by atoms with Crippen molar-refractivity contribution >= 4 is 5.71 Å². The minimum atomic E-state index is -0.138. The van der Waals surface area contributed by atoms with E-state index in [4.69, 9.17) is 14.5 Å². The van der Waals surface area contributed by atoms with Crippen molar-refractivity contribution in [3.8, 4) is 0 Å². The zero-order valence-corrected chi connectivity index (χ0v) is 48.0. The standard InChI is InChI=1S/C19H33N2O2.CH3.9Y/c1-11-12(2)18(23-17(11)10-22-19(7,8)9)21-15(5)13(3)14(4)20-16(21)6;;;;;;;;;;/h11,16-18H,10H2,1-9H3;1H3;;;;;;;;;/q2*-1;;;;;;;;;/t11-,16?,17-,18-;;;;;;;;;;/m1........../s1. The summed E-state index contributed by atoms with van der Waals surface area (Å²) in [6.45, 7) is 19.9. The van der Waals surface area contributed by atoms with E-state index in [1.54, 1.807) is 0 Å². The van der Waals surface area contributed by atoms with Gasteiger partial charge in [-0.15, -0.1) is 5.92 Å². The average molecular weight is 1140 g/mol. The van der Waals surface area contributed by atoms with Crippen molar-refractivity contribution in [2.45, 2.75) is 86.4 Å². The molecule has 4 nitrogen and oxygen atoms in total. The van der Waals surface area contributed by atoms with Crippen molar-refractivity contribution < 1.29 is 304 Å². The molecule has 0 aromatic heterocycles. The van der Waals surface area contributed by atoms with Gasteiger partial charge >= 0.3 is 0 Å². The summed E-state index contributed by atoms with van der Waals surface area (Å²) in [6.07, 6.45) is 0.194. The first-order chi connectivity index (χ1) is 10.5. The summed E-state index contributed by atoms with van der Waals surface area (Å²) >= 11 is 0. The zero-order valence-electron chi connectivity index (χ0n) is 22.4. The van der Waals surface area contributed by atoms with Crippen molar-refractivity contribution in [3.63, 3.8) is 0 Å². The Bertz CT molecular complexity index is 532.